The Balaban J connectivity index is 1.97. The maximum absolute atomic E-state index is 3.54. The summed E-state index contributed by atoms with van der Waals surface area (Å²) < 4.78 is 5.99. The van der Waals surface area contributed by atoms with Crippen LogP contribution in [0.3, 0.4) is 0 Å². The van der Waals surface area contributed by atoms with Crippen LogP contribution in [0.15, 0.2) is 54.7 Å². The Morgan fingerprint density at radius 1 is 0.926 bits per heavy atom. The Labute approximate surface area is 168 Å². The Bertz CT molecular complexity index is 865. The van der Waals surface area contributed by atoms with E-state index in [2.05, 4.69) is 98.6 Å². The third-order valence-corrected chi connectivity index (χ3v) is 5.63. The molecule has 1 aromatic heterocycles. The zero-order chi connectivity index (χ0) is 19.4. The number of aromatic nitrogens is 1. The molecule has 3 rings (SSSR count). The Kier molecular flexibility index (Phi) is 6.67. The Morgan fingerprint density at radius 3 is 2.33 bits per heavy atom. The van der Waals surface area contributed by atoms with Crippen molar-refractivity contribution in [3.63, 3.8) is 0 Å². The fourth-order valence-corrected chi connectivity index (χ4v) is 4.20. The third kappa shape index (κ3) is 4.97. The molecule has 2 nitrogen and oxygen atoms in total. The molecule has 1 atom stereocenters. The fraction of sp³-hybridized carbons (Fsp3) is 0.417. The molecule has 2 aromatic carbocycles. The van der Waals surface area contributed by atoms with Gasteiger partial charge in [-0.15, -0.1) is 0 Å². The molecule has 3 aromatic rings. The molecule has 0 aliphatic carbocycles. The highest BCUT2D eigenvalue weighted by molar-refractivity contribution is 7.97. The maximum atomic E-state index is 3.54. The highest BCUT2D eigenvalue weighted by atomic mass is 32.2. The van der Waals surface area contributed by atoms with E-state index in [0.717, 1.165) is 13.1 Å². The van der Waals surface area contributed by atoms with E-state index in [1.807, 2.05) is 11.9 Å². The summed E-state index contributed by atoms with van der Waals surface area (Å²) in [6, 6.07) is 17.6. The van der Waals surface area contributed by atoms with Crippen LogP contribution in [0, 0.1) is 5.92 Å². The molecule has 0 spiro atoms. The number of nitrogens with zero attached hydrogens (tertiary/aromatic N) is 1. The predicted molar refractivity (Wildman–Crippen MR) is 121 cm³/mol. The van der Waals surface area contributed by atoms with Gasteiger partial charge in [0.25, 0.3) is 0 Å². The minimum atomic E-state index is 0.481. The van der Waals surface area contributed by atoms with Crippen molar-refractivity contribution < 1.29 is 0 Å². The lowest BCUT2D eigenvalue weighted by Gasteiger charge is -2.13. The standard InChI is InChI=1S/C24H32N2S/c1-17(2)15-26-16-23(19(5)14-25-27-18(3)4)22-12-11-21(13-24(22)26)20-9-7-6-8-10-20/h6-13,16-19,25H,14-15H2,1-5H3. The average Bonchev–Trinajstić information content (AvgIpc) is 2.99. The monoisotopic (exact) mass is 380 g/mol. The summed E-state index contributed by atoms with van der Waals surface area (Å²) in [7, 11) is 0. The summed E-state index contributed by atoms with van der Waals surface area (Å²) >= 11 is 1.82. The van der Waals surface area contributed by atoms with Crippen LogP contribution in [0.1, 0.15) is 46.1 Å². The smallest absolute Gasteiger partial charge is 0.0489 e. The number of fused-ring (bicyclic) bond motifs is 1. The zero-order valence-corrected chi connectivity index (χ0v) is 18.0. The maximum Gasteiger partial charge on any atom is 0.0489 e. The molecule has 0 saturated heterocycles. The van der Waals surface area contributed by atoms with Crippen molar-refractivity contribution in [1.29, 1.82) is 0 Å². The quantitative estimate of drug-likeness (QED) is 0.437. The summed E-state index contributed by atoms with van der Waals surface area (Å²) in [5.74, 6) is 1.11. The molecular formula is C24H32N2S. The number of nitrogens with one attached hydrogen (secondary N) is 1. The minimum Gasteiger partial charge on any atom is -0.347 e. The topological polar surface area (TPSA) is 17.0 Å². The van der Waals surface area contributed by atoms with Crippen LogP contribution in [0.25, 0.3) is 22.0 Å². The molecule has 0 amide bonds. The molecule has 0 bridgehead atoms. The summed E-state index contributed by atoms with van der Waals surface area (Å²) in [6.07, 6.45) is 2.38. The van der Waals surface area contributed by atoms with Gasteiger partial charge in [-0.2, -0.15) is 0 Å². The van der Waals surface area contributed by atoms with Crippen LogP contribution < -0.4 is 4.72 Å². The average molecular weight is 381 g/mol. The molecular weight excluding hydrogens is 348 g/mol. The van der Waals surface area contributed by atoms with Gasteiger partial charge in [0.05, 0.1) is 0 Å². The van der Waals surface area contributed by atoms with Crippen molar-refractivity contribution in [3.05, 3.63) is 60.3 Å². The van der Waals surface area contributed by atoms with Crippen LogP contribution in [0.5, 0.6) is 0 Å². The van der Waals surface area contributed by atoms with E-state index >= 15 is 0 Å². The Hall–Kier alpha value is -1.71. The summed E-state index contributed by atoms with van der Waals surface area (Å²) in [5, 5.41) is 1.99. The SMILES string of the molecule is CC(C)Cn1cc(C(C)CNSC(C)C)c2ccc(-c3ccccc3)cc21. The van der Waals surface area contributed by atoms with Gasteiger partial charge in [0.1, 0.15) is 0 Å². The van der Waals surface area contributed by atoms with Gasteiger partial charge in [-0.3, -0.25) is 4.72 Å². The molecule has 1 N–H and O–H groups in total. The highest BCUT2D eigenvalue weighted by Crippen LogP contribution is 2.32. The van der Waals surface area contributed by atoms with Gasteiger partial charge in [0.15, 0.2) is 0 Å². The molecule has 1 unspecified atom stereocenters. The number of benzene rings is 2. The second kappa shape index (κ2) is 8.99. The first-order valence-electron chi connectivity index (χ1n) is 10.0. The zero-order valence-electron chi connectivity index (χ0n) is 17.2. The van der Waals surface area contributed by atoms with Crippen LogP contribution >= 0.6 is 11.9 Å². The second-order valence-corrected chi connectivity index (χ2v) is 9.61. The largest absolute Gasteiger partial charge is 0.347 e. The van der Waals surface area contributed by atoms with Gasteiger partial charge in [-0.1, -0.05) is 89.0 Å². The van der Waals surface area contributed by atoms with Gasteiger partial charge < -0.3 is 4.57 Å². The van der Waals surface area contributed by atoms with Crippen LogP contribution in [-0.4, -0.2) is 16.4 Å². The van der Waals surface area contributed by atoms with Gasteiger partial charge in [0.2, 0.25) is 0 Å². The van der Waals surface area contributed by atoms with Crippen molar-refractivity contribution in [2.75, 3.05) is 6.54 Å². The van der Waals surface area contributed by atoms with E-state index < -0.39 is 0 Å². The predicted octanol–water partition coefficient (Wildman–Crippen LogP) is 6.71. The van der Waals surface area contributed by atoms with Crippen LogP contribution in [0.2, 0.25) is 0 Å². The van der Waals surface area contributed by atoms with E-state index in [1.54, 1.807) is 0 Å². The third-order valence-electron chi connectivity index (χ3n) is 4.82. The molecule has 0 fully saturated rings. The molecule has 1 heterocycles. The van der Waals surface area contributed by atoms with Crippen LogP contribution in [-0.2, 0) is 6.54 Å². The van der Waals surface area contributed by atoms with E-state index in [4.69, 9.17) is 0 Å². The van der Waals surface area contributed by atoms with Gasteiger partial charge in [-0.05, 0) is 34.6 Å². The summed E-state index contributed by atoms with van der Waals surface area (Å²) in [5.41, 5.74) is 5.37. The van der Waals surface area contributed by atoms with E-state index in [-0.39, 0.29) is 0 Å². The number of hydrogen-bond donors (Lipinski definition) is 1. The number of rotatable bonds is 8. The van der Waals surface area contributed by atoms with Crippen LogP contribution in [0.4, 0.5) is 0 Å². The Morgan fingerprint density at radius 2 is 1.67 bits per heavy atom. The van der Waals surface area contributed by atoms with Crippen molar-refractivity contribution in [1.82, 2.24) is 9.29 Å². The molecule has 0 saturated carbocycles. The summed E-state index contributed by atoms with van der Waals surface area (Å²) in [6.45, 7) is 13.4. The first kappa shape index (κ1) is 20.0. The van der Waals surface area contributed by atoms with Gasteiger partial charge in [-0.25, -0.2) is 0 Å². The second-order valence-electron chi connectivity index (χ2n) is 8.14. The molecule has 144 valence electrons. The number of hydrogen-bond acceptors (Lipinski definition) is 2. The van der Waals surface area contributed by atoms with Crippen molar-refractivity contribution in [2.24, 2.45) is 5.92 Å². The minimum absolute atomic E-state index is 0.481. The van der Waals surface area contributed by atoms with E-state index in [1.165, 1.54) is 27.6 Å². The van der Waals surface area contributed by atoms with E-state index in [0.29, 0.717) is 17.1 Å². The van der Waals surface area contributed by atoms with E-state index in [9.17, 15) is 0 Å². The highest BCUT2D eigenvalue weighted by Gasteiger charge is 2.16. The molecule has 0 aliphatic rings. The summed E-state index contributed by atoms with van der Waals surface area (Å²) in [4.78, 5) is 0. The lowest BCUT2D eigenvalue weighted by atomic mass is 9.98. The molecule has 3 heteroatoms. The van der Waals surface area contributed by atoms with Crippen molar-refractivity contribution in [2.45, 2.75) is 52.3 Å². The first-order chi connectivity index (χ1) is 13.0. The molecule has 27 heavy (non-hydrogen) atoms. The lowest BCUT2D eigenvalue weighted by Crippen LogP contribution is -2.15. The first-order valence-corrected chi connectivity index (χ1v) is 10.9. The van der Waals surface area contributed by atoms with Crippen molar-refractivity contribution >= 4 is 22.9 Å². The normalized spacial score (nSPS) is 13.0. The fourth-order valence-electron chi connectivity index (χ4n) is 3.52. The van der Waals surface area contributed by atoms with Crippen molar-refractivity contribution in [3.8, 4) is 11.1 Å². The lowest BCUT2D eigenvalue weighted by molar-refractivity contribution is 0.533. The van der Waals surface area contributed by atoms with Gasteiger partial charge in [0, 0.05) is 35.4 Å². The molecule has 0 radical (unpaired) electrons. The van der Waals surface area contributed by atoms with Gasteiger partial charge >= 0.3 is 0 Å². The molecule has 0 aliphatic heterocycles.